The van der Waals surface area contributed by atoms with Crippen LogP contribution in [-0.4, -0.2) is 64.7 Å². The van der Waals surface area contributed by atoms with Crippen LogP contribution in [0, 0.1) is 12.7 Å². The van der Waals surface area contributed by atoms with Gasteiger partial charge in [0.2, 0.25) is 0 Å². The van der Waals surface area contributed by atoms with Gasteiger partial charge in [-0.1, -0.05) is 49.7 Å². The number of nitrogens with one attached hydrogen (secondary N) is 1. The molecule has 42 heavy (non-hydrogen) atoms. The summed E-state index contributed by atoms with van der Waals surface area (Å²) in [5, 5.41) is 3.02. The molecular weight excluding hydrogens is 535 g/mol. The summed E-state index contributed by atoms with van der Waals surface area (Å²) in [4.78, 5) is 31.1. The van der Waals surface area contributed by atoms with E-state index >= 15 is 0 Å². The fourth-order valence-electron chi connectivity index (χ4n) is 3.11. The normalized spacial score (nSPS) is 12.7. The minimum atomic E-state index is -0.266. The molecule has 1 atom stereocenters. The molecule has 0 radical (unpaired) electrons. The van der Waals surface area contributed by atoms with Gasteiger partial charge in [-0.2, -0.15) is 0 Å². The van der Waals surface area contributed by atoms with Gasteiger partial charge in [0.15, 0.2) is 0 Å². The molecule has 4 rings (SSSR count). The summed E-state index contributed by atoms with van der Waals surface area (Å²) >= 11 is 0. The Morgan fingerprint density at radius 1 is 0.857 bits per heavy atom. The molecule has 1 heterocycles. The van der Waals surface area contributed by atoms with Crippen LogP contribution in [0.15, 0.2) is 78.9 Å². The summed E-state index contributed by atoms with van der Waals surface area (Å²) in [6.45, 7) is 7.17. The number of likely N-dealkylation sites (N-methyl/N-ethyl adjacent to an activating group) is 1. The predicted octanol–water partition coefficient (Wildman–Crippen LogP) is 7.39. The van der Waals surface area contributed by atoms with Crippen molar-refractivity contribution in [3.63, 3.8) is 0 Å². The van der Waals surface area contributed by atoms with Crippen LogP contribution in [0.2, 0.25) is 0 Å². The van der Waals surface area contributed by atoms with Crippen LogP contribution in [0.1, 0.15) is 45.1 Å². The molecule has 0 saturated carbocycles. The maximum absolute atomic E-state index is 12.7. The van der Waals surface area contributed by atoms with E-state index in [9.17, 15) is 18.8 Å². The fourth-order valence-corrected chi connectivity index (χ4v) is 3.11. The number of hydrogen-bond acceptors (Lipinski definition) is 7. The van der Waals surface area contributed by atoms with Gasteiger partial charge in [-0.15, -0.1) is 0 Å². The van der Waals surface area contributed by atoms with Crippen LogP contribution in [0.5, 0.6) is 11.5 Å². The number of benzene rings is 3. The Hall–Kier alpha value is -3.88. The van der Waals surface area contributed by atoms with Crippen LogP contribution in [0.25, 0.3) is 0 Å². The van der Waals surface area contributed by atoms with E-state index in [1.807, 2.05) is 70.4 Å². The molecule has 0 spiro atoms. The Balaban J connectivity index is 0. The minimum Gasteiger partial charge on any atom is -0.457 e. The number of rotatable bonds is 7. The lowest BCUT2D eigenvalue weighted by Crippen LogP contribution is -2.25. The number of anilines is 1. The first-order valence-electron chi connectivity index (χ1n) is 14.0. The third-order valence-electron chi connectivity index (χ3n) is 5.27. The van der Waals surface area contributed by atoms with E-state index in [1.54, 1.807) is 26.4 Å². The van der Waals surface area contributed by atoms with Crippen molar-refractivity contribution in [1.29, 1.82) is 0 Å². The second kappa shape index (κ2) is 28.6. The number of unbranched alkanes of at least 4 members (excludes halogenated alkanes) is 1. The van der Waals surface area contributed by atoms with Crippen molar-refractivity contribution in [2.75, 3.05) is 40.2 Å². The summed E-state index contributed by atoms with van der Waals surface area (Å²) < 4.78 is 22.4. The summed E-state index contributed by atoms with van der Waals surface area (Å²) in [5.74, 6) is 1.09. The molecule has 3 aromatic rings. The average molecular weight is 585 g/mol. The van der Waals surface area contributed by atoms with E-state index in [-0.39, 0.29) is 11.9 Å². The standard InChI is InChI=1S/C13H12FNO.C7H8.C6H11NO.C4H6O2.C2H6O.C2H6/c1-15-11-4-8-13(9-5-11)16-12-6-2-10(14)3-7-12;1-7-5-3-2-4-6-7;1-7-4-2-3-6(7)5-8;5-3-1-2-4-6;1-3-2;1-2/h2-9,15H,1H3;2-6H,1H3;5-6H,2-4H2,1H3;3-4H,1-2H2;1-2H3;1-2H3/t;;6-;;;/m..0.../s1. The zero-order valence-corrected chi connectivity index (χ0v) is 26.2. The molecule has 232 valence electrons. The molecule has 3 aromatic carbocycles. The molecular formula is C34H49FN2O5. The lowest BCUT2D eigenvalue weighted by atomic mass is 10.2. The summed E-state index contributed by atoms with van der Waals surface area (Å²) in [6.07, 6.45) is 5.46. The summed E-state index contributed by atoms with van der Waals surface area (Å²) in [6, 6.07) is 24.0. The van der Waals surface area contributed by atoms with E-state index in [2.05, 4.69) is 34.0 Å². The quantitative estimate of drug-likeness (QED) is 0.229. The monoisotopic (exact) mass is 584 g/mol. The van der Waals surface area contributed by atoms with Crippen molar-refractivity contribution in [2.45, 2.75) is 52.5 Å². The first-order chi connectivity index (χ1) is 20.3. The van der Waals surface area contributed by atoms with Gasteiger partial charge < -0.3 is 29.2 Å². The third-order valence-corrected chi connectivity index (χ3v) is 5.27. The molecule has 8 heteroatoms. The van der Waals surface area contributed by atoms with Crippen molar-refractivity contribution in [3.05, 3.63) is 90.2 Å². The number of carbonyl (C=O) groups excluding carboxylic acids is 3. The predicted molar refractivity (Wildman–Crippen MR) is 171 cm³/mol. The van der Waals surface area contributed by atoms with Gasteiger partial charge >= 0.3 is 0 Å². The van der Waals surface area contributed by atoms with Gasteiger partial charge in [0.25, 0.3) is 0 Å². The van der Waals surface area contributed by atoms with Crippen molar-refractivity contribution < 1.29 is 28.2 Å². The SMILES string of the molecule is CC.CN1CCC[C@H]1C=O.CNc1ccc(Oc2ccc(F)cc2)cc1.COC.Cc1ccccc1.O=CCCC=O. The Morgan fingerprint density at radius 3 is 1.64 bits per heavy atom. The zero-order chi connectivity index (χ0) is 32.0. The lowest BCUT2D eigenvalue weighted by molar-refractivity contribution is -0.112. The van der Waals surface area contributed by atoms with Crippen LogP contribution >= 0.6 is 0 Å². The zero-order valence-electron chi connectivity index (χ0n) is 26.2. The number of aldehydes is 3. The number of methoxy groups -OCH3 is 1. The van der Waals surface area contributed by atoms with E-state index in [4.69, 9.17) is 4.74 Å². The second-order valence-electron chi connectivity index (χ2n) is 8.63. The number of halogens is 1. The molecule has 1 fully saturated rings. The highest BCUT2D eigenvalue weighted by Crippen LogP contribution is 2.22. The number of aryl methyl sites for hydroxylation is 1. The Kier molecular flexibility index (Phi) is 27.5. The average Bonchev–Trinajstić information content (AvgIpc) is 3.45. The topological polar surface area (TPSA) is 84.9 Å². The van der Waals surface area contributed by atoms with Gasteiger partial charge in [-0.05, 0) is 81.9 Å². The van der Waals surface area contributed by atoms with Crippen LogP contribution in [0.3, 0.4) is 0 Å². The third kappa shape index (κ3) is 21.9. The highest BCUT2D eigenvalue weighted by molar-refractivity contribution is 5.58. The molecule has 0 unspecified atom stereocenters. The number of ether oxygens (including phenoxy) is 2. The van der Waals surface area contributed by atoms with E-state index in [0.29, 0.717) is 18.6 Å². The summed E-state index contributed by atoms with van der Waals surface area (Å²) in [5.41, 5.74) is 2.34. The maximum Gasteiger partial charge on any atom is 0.137 e. The largest absolute Gasteiger partial charge is 0.457 e. The first kappa shape index (κ1) is 40.3. The van der Waals surface area contributed by atoms with Crippen LogP contribution in [0.4, 0.5) is 10.1 Å². The Morgan fingerprint density at radius 2 is 1.33 bits per heavy atom. The Labute approximate surface area is 252 Å². The van der Waals surface area contributed by atoms with Gasteiger partial charge in [-0.25, -0.2) is 4.39 Å². The smallest absolute Gasteiger partial charge is 0.137 e. The number of hydrogen-bond donors (Lipinski definition) is 1. The molecule has 7 nitrogen and oxygen atoms in total. The molecule has 0 aromatic heterocycles. The van der Waals surface area contributed by atoms with E-state index < -0.39 is 0 Å². The molecule has 1 saturated heterocycles. The maximum atomic E-state index is 12.7. The van der Waals surface area contributed by atoms with E-state index in [1.165, 1.54) is 24.1 Å². The van der Waals surface area contributed by atoms with Crippen molar-refractivity contribution >= 4 is 24.5 Å². The van der Waals surface area contributed by atoms with Crippen molar-refractivity contribution in [2.24, 2.45) is 0 Å². The van der Waals surface area contributed by atoms with Gasteiger partial charge in [0, 0.05) is 39.8 Å². The molecule has 1 aliphatic rings. The first-order valence-corrected chi connectivity index (χ1v) is 14.0. The van der Waals surface area contributed by atoms with Gasteiger partial charge in [0.1, 0.15) is 36.2 Å². The number of carbonyl (C=O) groups is 3. The Bertz CT molecular complexity index is 1020. The van der Waals surface area contributed by atoms with Crippen LogP contribution < -0.4 is 10.1 Å². The molecule has 0 aliphatic carbocycles. The molecule has 0 bridgehead atoms. The van der Waals surface area contributed by atoms with Crippen molar-refractivity contribution in [3.8, 4) is 11.5 Å². The minimum absolute atomic E-state index is 0.218. The van der Waals surface area contributed by atoms with Crippen molar-refractivity contribution in [1.82, 2.24) is 4.90 Å². The molecule has 0 amide bonds. The summed E-state index contributed by atoms with van der Waals surface area (Å²) in [7, 11) is 7.10. The highest BCUT2D eigenvalue weighted by atomic mass is 19.1. The highest BCUT2D eigenvalue weighted by Gasteiger charge is 2.18. The molecule has 1 aliphatic heterocycles. The molecule has 1 N–H and O–H groups in total. The fraction of sp³-hybridized carbons (Fsp3) is 0.382. The second-order valence-corrected chi connectivity index (χ2v) is 8.63. The van der Waals surface area contributed by atoms with Gasteiger partial charge in [0.05, 0.1) is 6.04 Å². The number of likely N-dealkylation sites (tertiary alicyclic amines) is 1. The number of nitrogens with zero attached hydrogens (tertiary/aromatic N) is 1. The van der Waals surface area contributed by atoms with Crippen LogP contribution in [-0.2, 0) is 19.1 Å². The van der Waals surface area contributed by atoms with Gasteiger partial charge in [-0.3, -0.25) is 4.90 Å². The lowest BCUT2D eigenvalue weighted by Gasteiger charge is -2.10. The van der Waals surface area contributed by atoms with E-state index in [0.717, 1.165) is 43.3 Å².